The lowest BCUT2D eigenvalue weighted by atomic mass is 9.84. The molecule has 2 nitrogen and oxygen atoms in total. The molecule has 0 saturated heterocycles. The van der Waals surface area contributed by atoms with Gasteiger partial charge in [-0.25, -0.2) is 0 Å². The summed E-state index contributed by atoms with van der Waals surface area (Å²) >= 11 is 0. The maximum Gasteiger partial charge on any atom is 0.119 e. The van der Waals surface area contributed by atoms with Gasteiger partial charge >= 0.3 is 0 Å². The molecule has 0 aliphatic heterocycles. The molecule has 1 aliphatic rings. The Hall–Kier alpha value is -1.80. The molecule has 0 spiro atoms. The predicted octanol–water partition coefficient (Wildman–Crippen LogP) is 3.82. The summed E-state index contributed by atoms with van der Waals surface area (Å²) in [5, 5.41) is 0. The number of rotatable bonds is 5. The predicted molar refractivity (Wildman–Crippen MR) is 81.9 cm³/mol. The first kappa shape index (κ1) is 13.2. The third-order valence-corrected chi connectivity index (χ3v) is 4.28. The molecule has 0 radical (unpaired) electrons. The van der Waals surface area contributed by atoms with E-state index in [1.165, 1.54) is 24.0 Å². The number of hydrogen-bond acceptors (Lipinski definition) is 2. The standard InChI is InChI=1S/C18H21NO/c1-2-20-16-10-8-14(9-11-16)17(19)18(12-13-18)15-6-4-3-5-7-15/h3-11,17H,2,12-13,19H2,1H3. The van der Waals surface area contributed by atoms with Gasteiger partial charge < -0.3 is 10.5 Å². The van der Waals surface area contributed by atoms with E-state index in [0.717, 1.165) is 5.75 Å². The van der Waals surface area contributed by atoms with E-state index in [1.807, 2.05) is 19.1 Å². The zero-order valence-electron chi connectivity index (χ0n) is 11.9. The van der Waals surface area contributed by atoms with Gasteiger partial charge in [0.1, 0.15) is 5.75 Å². The molecule has 1 fully saturated rings. The lowest BCUT2D eigenvalue weighted by Crippen LogP contribution is -2.26. The van der Waals surface area contributed by atoms with Gasteiger partial charge in [-0.3, -0.25) is 0 Å². The van der Waals surface area contributed by atoms with Gasteiger partial charge in [0, 0.05) is 11.5 Å². The summed E-state index contributed by atoms with van der Waals surface area (Å²) in [5.41, 5.74) is 9.24. The van der Waals surface area contributed by atoms with Crippen LogP contribution >= 0.6 is 0 Å². The molecule has 0 heterocycles. The second kappa shape index (κ2) is 5.29. The van der Waals surface area contributed by atoms with Crippen molar-refractivity contribution in [1.82, 2.24) is 0 Å². The first-order valence-corrected chi connectivity index (χ1v) is 7.30. The summed E-state index contributed by atoms with van der Waals surface area (Å²) in [4.78, 5) is 0. The smallest absolute Gasteiger partial charge is 0.119 e. The molecule has 0 bridgehead atoms. The molecule has 1 aliphatic carbocycles. The highest BCUT2D eigenvalue weighted by Gasteiger charge is 2.49. The second-order valence-electron chi connectivity index (χ2n) is 5.50. The molecule has 2 heteroatoms. The van der Waals surface area contributed by atoms with Gasteiger partial charge in [0.2, 0.25) is 0 Å². The molecule has 2 aromatic carbocycles. The molecule has 1 unspecified atom stereocenters. The van der Waals surface area contributed by atoms with Crippen LogP contribution in [0.4, 0.5) is 0 Å². The van der Waals surface area contributed by atoms with Crippen LogP contribution in [0.1, 0.15) is 36.9 Å². The Balaban J connectivity index is 1.83. The quantitative estimate of drug-likeness (QED) is 0.894. The average molecular weight is 267 g/mol. The lowest BCUT2D eigenvalue weighted by molar-refractivity contribution is 0.340. The van der Waals surface area contributed by atoms with Crippen molar-refractivity contribution >= 4 is 0 Å². The highest BCUT2D eigenvalue weighted by atomic mass is 16.5. The van der Waals surface area contributed by atoms with Crippen LogP contribution in [-0.2, 0) is 5.41 Å². The Kier molecular flexibility index (Phi) is 3.49. The minimum Gasteiger partial charge on any atom is -0.494 e. The van der Waals surface area contributed by atoms with Gasteiger partial charge in [-0.15, -0.1) is 0 Å². The molecule has 104 valence electrons. The third kappa shape index (κ3) is 2.32. The van der Waals surface area contributed by atoms with Crippen LogP contribution in [0.3, 0.4) is 0 Å². The second-order valence-corrected chi connectivity index (χ2v) is 5.50. The van der Waals surface area contributed by atoms with Crippen molar-refractivity contribution in [2.75, 3.05) is 6.61 Å². The van der Waals surface area contributed by atoms with E-state index in [-0.39, 0.29) is 11.5 Å². The molecule has 0 amide bonds. The molecular weight excluding hydrogens is 246 g/mol. The first-order chi connectivity index (χ1) is 9.76. The minimum atomic E-state index is 0.0561. The van der Waals surface area contributed by atoms with E-state index in [2.05, 4.69) is 42.5 Å². The van der Waals surface area contributed by atoms with Crippen molar-refractivity contribution in [3.63, 3.8) is 0 Å². The summed E-state index contributed by atoms with van der Waals surface area (Å²) in [5.74, 6) is 0.910. The highest BCUT2D eigenvalue weighted by molar-refractivity contribution is 5.39. The van der Waals surface area contributed by atoms with Crippen LogP contribution in [-0.4, -0.2) is 6.61 Å². The van der Waals surface area contributed by atoms with Crippen molar-refractivity contribution in [3.05, 3.63) is 65.7 Å². The Morgan fingerprint density at radius 3 is 2.25 bits per heavy atom. The summed E-state index contributed by atoms with van der Waals surface area (Å²) in [6, 6.07) is 18.9. The molecule has 1 saturated carbocycles. The Morgan fingerprint density at radius 2 is 1.70 bits per heavy atom. The van der Waals surface area contributed by atoms with Gasteiger partial charge in [-0.1, -0.05) is 42.5 Å². The fourth-order valence-electron chi connectivity index (χ4n) is 2.94. The highest BCUT2D eigenvalue weighted by Crippen LogP contribution is 2.55. The van der Waals surface area contributed by atoms with E-state index >= 15 is 0 Å². The molecule has 1 atom stereocenters. The first-order valence-electron chi connectivity index (χ1n) is 7.30. The van der Waals surface area contributed by atoms with E-state index < -0.39 is 0 Å². The van der Waals surface area contributed by atoms with Gasteiger partial charge in [-0.05, 0) is 43.0 Å². The lowest BCUT2D eigenvalue weighted by Gasteiger charge is -2.24. The topological polar surface area (TPSA) is 35.2 Å². The van der Waals surface area contributed by atoms with Crippen molar-refractivity contribution in [2.45, 2.75) is 31.2 Å². The Labute approximate surface area is 120 Å². The van der Waals surface area contributed by atoms with Crippen LogP contribution in [0.15, 0.2) is 54.6 Å². The van der Waals surface area contributed by atoms with Crippen molar-refractivity contribution in [3.8, 4) is 5.75 Å². The maximum absolute atomic E-state index is 6.55. The van der Waals surface area contributed by atoms with Crippen molar-refractivity contribution in [2.24, 2.45) is 5.73 Å². The largest absolute Gasteiger partial charge is 0.494 e. The normalized spacial score (nSPS) is 17.5. The summed E-state index contributed by atoms with van der Waals surface area (Å²) in [6.45, 7) is 2.69. The number of hydrogen-bond donors (Lipinski definition) is 1. The van der Waals surface area contributed by atoms with Gasteiger partial charge in [-0.2, -0.15) is 0 Å². The molecule has 3 rings (SSSR count). The van der Waals surface area contributed by atoms with E-state index in [1.54, 1.807) is 0 Å². The van der Waals surface area contributed by atoms with E-state index in [4.69, 9.17) is 10.5 Å². The Bertz CT molecular complexity index is 558. The van der Waals surface area contributed by atoms with Crippen LogP contribution in [0, 0.1) is 0 Å². The van der Waals surface area contributed by atoms with Crippen LogP contribution in [0.5, 0.6) is 5.75 Å². The fraction of sp³-hybridized carbons (Fsp3) is 0.333. The van der Waals surface area contributed by atoms with Gasteiger partial charge in [0.25, 0.3) is 0 Å². The summed E-state index contributed by atoms with van der Waals surface area (Å²) in [6.07, 6.45) is 2.34. The Morgan fingerprint density at radius 1 is 1.05 bits per heavy atom. The minimum absolute atomic E-state index is 0.0561. The zero-order valence-corrected chi connectivity index (χ0v) is 11.9. The molecule has 2 N–H and O–H groups in total. The fourth-order valence-corrected chi connectivity index (χ4v) is 2.94. The molecule has 20 heavy (non-hydrogen) atoms. The van der Waals surface area contributed by atoms with Crippen molar-refractivity contribution in [1.29, 1.82) is 0 Å². The number of benzene rings is 2. The number of ether oxygens (including phenoxy) is 1. The van der Waals surface area contributed by atoms with Gasteiger partial charge in [0.05, 0.1) is 6.61 Å². The average Bonchev–Trinajstić information content (AvgIpc) is 3.30. The van der Waals surface area contributed by atoms with Crippen LogP contribution in [0.25, 0.3) is 0 Å². The van der Waals surface area contributed by atoms with Crippen LogP contribution < -0.4 is 10.5 Å². The summed E-state index contributed by atoms with van der Waals surface area (Å²) < 4.78 is 5.49. The zero-order chi connectivity index (χ0) is 14.0. The van der Waals surface area contributed by atoms with E-state index in [9.17, 15) is 0 Å². The van der Waals surface area contributed by atoms with Crippen LogP contribution in [0.2, 0.25) is 0 Å². The van der Waals surface area contributed by atoms with E-state index in [0.29, 0.717) is 6.61 Å². The monoisotopic (exact) mass is 267 g/mol. The molecular formula is C18H21NO. The molecule has 0 aromatic heterocycles. The number of nitrogens with two attached hydrogens (primary N) is 1. The third-order valence-electron chi connectivity index (χ3n) is 4.28. The molecule has 2 aromatic rings. The van der Waals surface area contributed by atoms with Gasteiger partial charge in [0.15, 0.2) is 0 Å². The van der Waals surface area contributed by atoms with Crippen molar-refractivity contribution < 1.29 is 4.74 Å². The SMILES string of the molecule is CCOc1ccc(C(N)C2(c3ccccc3)CC2)cc1. The summed E-state index contributed by atoms with van der Waals surface area (Å²) in [7, 11) is 0. The maximum atomic E-state index is 6.55.